The first-order valence-electron chi connectivity index (χ1n) is 5.72. The van der Waals surface area contributed by atoms with Crippen LogP contribution in [0.5, 0.6) is 0 Å². The Morgan fingerprint density at radius 3 is 2.47 bits per heavy atom. The van der Waals surface area contributed by atoms with E-state index in [0.29, 0.717) is 0 Å². The lowest BCUT2D eigenvalue weighted by Gasteiger charge is -2.09. The van der Waals surface area contributed by atoms with Crippen molar-refractivity contribution in [1.29, 1.82) is 0 Å². The van der Waals surface area contributed by atoms with Gasteiger partial charge in [0.25, 0.3) is 0 Å². The van der Waals surface area contributed by atoms with Gasteiger partial charge in [-0.05, 0) is 24.0 Å². The van der Waals surface area contributed by atoms with Crippen molar-refractivity contribution in [2.45, 2.75) is 33.2 Å². The van der Waals surface area contributed by atoms with Gasteiger partial charge in [-0.25, -0.2) is 0 Å². The monoisotopic (exact) mass is 203 g/mol. The van der Waals surface area contributed by atoms with E-state index in [9.17, 15) is 0 Å². The largest absolute Gasteiger partial charge is 0.309 e. The molecule has 1 N–H and O–H groups in total. The van der Waals surface area contributed by atoms with E-state index in [4.69, 9.17) is 0 Å². The molecule has 1 rings (SSSR count). The molecule has 1 heteroatoms. The third kappa shape index (κ3) is 3.88. The van der Waals surface area contributed by atoms with E-state index in [1.807, 2.05) is 0 Å². The maximum Gasteiger partial charge on any atom is 0.0211 e. The smallest absolute Gasteiger partial charge is 0.0211 e. The quantitative estimate of drug-likeness (QED) is 0.699. The molecule has 82 valence electrons. The van der Waals surface area contributed by atoms with Crippen LogP contribution in [-0.4, -0.2) is 6.54 Å². The number of nitrogens with one attached hydrogen (secondary N) is 1. The van der Waals surface area contributed by atoms with Gasteiger partial charge in [0, 0.05) is 13.1 Å². The summed E-state index contributed by atoms with van der Waals surface area (Å²) in [6.07, 6.45) is 2.16. The van der Waals surface area contributed by atoms with Crippen molar-refractivity contribution in [3.63, 3.8) is 0 Å². The second-order valence-electron chi connectivity index (χ2n) is 3.83. The predicted octanol–water partition coefficient (Wildman–Crippen LogP) is 3.30. The first-order valence-corrected chi connectivity index (χ1v) is 5.72. The van der Waals surface area contributed by atoms with E-state index in [-0.39, 0.29) is 0 Å². The molecule has 0 amide bonds. The van der Waals surface area contributed by atoms with Crippen LogP contribution >= 0.6 is 0 Å². The summed E-state index contributed by atoms with van der Waals surface area (Å²) < 4.78 is 0. The van der Waals surface area contributed by atoms with Gasteiger partial charge in [0.15, 0.2) is 0 Å². The summed E-state index contributed by atoms with van der Waals surface area (Å²) in [5.41, 5.74) is 4.11. The average Bonchev–Trinajstić information content (AvgIpc) is 2.29. The van der Waals surface area contributed by atoms with Crippen molar-refractivity contribution < 1.29 is 0 Å². The Morgan fingerprint density at radius 1 is 1.20 bits per heavy atom. The van der Waals surface area contributed by atoms with Gasteiger partial charge in [0.05, 0.1) is 0 Å². The highest BCUT2D eigenvalue weighted by molar-refractivity contribution is 5.26. The minimum atomic E-state index is 0.925. The van der Waals surface area contributed by atoms with Crippen LogP contribution in [0.4, 0.5) is 0 Å². The molecule has 0 saturated carbocycles. The lowest BCUT2D eigenvalue weighted by molar-refractivity contribution is 0.721. The van der Waals surface area contributed by atoms with Crippen molar-refractivity contribution in [2.75, 3.05) is 6.54 Å². The Bertz CT molecular complexity index is 315. The maximum absolute atomic E-state index is 3.98. The molecule has 0 aliphatic rings. The molecule has 1 aromatic rings. The van der Waals surface area contributed by atoms with Crippen molar-refractivity contribution >= 4 is 0 Å². The summed E-state index contributed by atoms with van der Waals surface area (Å²) in [5, 5.41) is 3.43. The molecule has 0 fully saturated rings. The van der Waals surface area contributed by atoms with Crippen LogP contribution in [0.25, 0.3) is 0 Å². The second-order valence-corrected chi connectivity index (χ2v) is 3.83. The van der Waals surface area contributed by atoms with Crippen molar-refractivity contribution in [2.24, 2.45) is 0 Å². The second kappa shape index (κ2) is 6.41. The molecule has 0 radical (unpaired) electrons. The molecule has 0 bridgehead atoms. The van der Waals surface area contributed by atoms with Gasteiger partial charge in [0.2, 0.25) is 0 Å². The van der Waals surface area contributed by atoms with Gasteiger partial charge in [-0.1, -0.05) is 50.3 Å². The molecule has 0 aliphatic carbocycles. The topological polar surface area (TPSA) is 12.0 Å². The number of hydrogen-bond acceptors (Lipinski definition) is 1. The number of benzene rings is 1. The molecule has 1 nitrogen and oxygen atoms in total. The van der Waals surface area contributed by atoms with E-state index in [1.165, 1.54) is 16.7 Å². The highest BCUT2D eigenvalue weighted by Crippen LogP contribution is 2.09. The lowest BCUT2D eigenvalue weighted by Crippen LogP contribution is -2.16. The molecule has 0 saturated heterocycles. The number of aryl methyl sites for hydroxylation is 1. The van der Waals surface area contributed by atoms with E-state index >= 15 is 0 Å². The Kier molecular flexibility index (Phi) is 5.13. The van der Waals surface area contributed by atoms with Gasteiger partial charge < -0.3 is 5.32 Å². The fourth-order valence-corrected chi connectivity index (χ4v) is 1.57. The van der Waals surface area contributed by atoms with Crippen LogP contribution in [0.1, 0.15) is 31.4 Å². The summed E-state index contributed by atoms with van der Waals surface area (Å²) in [6, 6.07) is 8.60. The van der Waals surface area contributed by atoms with Crippen LogP contribution < -0.4 is 5.32 Å². The van der Waals surface area contributed by atoms with E-state index in [1.54, 1.807) is 0 Å². The van der Waals surface area contributed by atoms with Gasteiger partial charge in [-0.3, -0.25) is 0 Å². The zero-order chi connectivity index (χ0) is 11.1. The van der Waals surface area contributed by atoms with Crippen molar-refractivity contribution in [3.05, 3.63) is 47.5 Å². The lowest BCUT2D eigenvalue weighted by atomic mass is 10.1. The number of rotatable bonds is 6. The Balaban J connectivity index is 2.46. The maximum atomic E-state index is 3.98. The first kappa shape index (κ1) is 12.0. The highest BCUT2D eigenvalue weighted by Gasteiger charge is 1.98. The summed E-state index contributed by atoms with van der Waals surface area (Å²) in [7, 11) is 0. The van der Waals surface area contributed by atoms with Gasteiger partial charge in [-0.15, -0.1) is 0 Å². The van der Waals surface area contributed by atoms with Crippen molar-refractivity contribution in [3.8, 4) is 0 Å². The summed E-state index contributed by atoms with van der Waals surface area (Å²) in [6.45, 7) is 10.2. The Hall–Kier alpha value is -1.08. The van der Waals surface area contributed by atoms with E-state index < -0.39 is 0 Å². The van der Waals surface area contributed by atoms with Crippen molar-refractivity contribution in [1.82, 2.24) is 5.32 Å². The summed E-state index contributed by atoms with van der Waals surface area (Å²) in [4.78, 5) is 0. The molecule has 1 aromatic carbocycles. The van der Waals surface area contributed by atoms with Crippen LogP contribution in [-0.2, 0) is 13.0 Å². The standard InChI is InChI=1S/C14H21N/c1-4-12(3)10-15-11-14-9-7-6-8-13(14)5-2/h6-9,15H,3-5,10-11H2,1-2H3. The third-order valence-electron chi connectivity index (χ3n) is 2.69. The van der Waals surface area contributed by atoms with Crippen LogP contribution in [0.2, 0.25) is 0 Å². The molecule has 0 atom stereocenters. The fraction of sp³-hybridized carbons (Fsp3) is 0.429. The Labute approximate surface area is 93.2 Å². The third-order valence-corrected chi connectivity index (χ3v) is 2.69. The van der Waals surface area contributed by atoms with Gasteiger partial charge in [-0.2, -0.15) is 0 Å². The summed E-state index contributed by atoms with van der Waals surface area (Å²) in [5.74, 6) is 0. The summed E-state index contributed by atoms with van der Waals surface area (Å²) >= 11 is 0. The SMILES string of the molecule is C=C(CC)CNCc1ccccc1CC. The molecule has 0 unspecified atom stereocenters. The minimum absolute atomic E-state index is 0.925. The van der Waals surface area contributed by atoms with Crippen LogP contribution in [0.3, 0.4) is 0 Å². The molecule has 15 heavy (non-hydrogen) atoms. The van der Waals surface area contributed by atoms with Crippen LogP contribution in [0, 0.1) is 0 Å². The minimum Gasteiger partial charge on any atom is -0.309 e. The predicted molar refractivity (Wildman–Crippen MR) is 67.0 cm³/mol. The Morgan fingerprint density at radius 2 is 1.87 bits per heavy atom. The van der Waals surface area contributed by atoms with Crippen LogP contribution in [0.15, 0.2) is 36.4 Å². The highest BCUT2D eigenvalue weighted by atomic mass is 14.8. The molecule has 0 aromatic heterocycles. The van der Waals surface area contributed by atoms with Gasteiger partial charge >= 0.3 is 0 Å². The number of hydrogen-bond donors (Lipinski definition) is 1. The van der Waals surface area contributed by atoms with Gasteiger partial charge in [0.1, 0.15) is 0 Å². The molecule has 0 heterocycles. The zero-order valence-electron chi connectivity index (χ0n) is 9.84. The zero-order valence-corrected chi connectivity index (χ0v) is 9.84. The average molecular weight is 203 g/mol. The molecule has 0 aliphatic heterocycles. The van der Waals surface area contributed by atoms with E-state index in [0.717, 1.165) is 25.9 Å². The molecular formula is C14H21N. The van der Waals surface area contributed by atoms with E-state index in [2.05, 4.69) is 50.0 Å². The molecule has 0 spiro atoms. The molecular weight excluding hydrogens is 182 g/mol. The first-order chi connectivity index (χ1) is 7.27. The normalized spacial score (nSPS) is 10.3. The fourth-order valence-electron chi connectivity index (χ4n) is 1.57.